The molecule has 1 saturated carbocycles. The molecule has 31 heavy (non-hydrogen) atoms. The summed E-state index contributed by atoms with van der Waals surface area (Å²) in [6.45, 7) is 8.31. The van der Waals surface area contributed by atoms with E-state index in [-0.39, 0.29) is 0 Å². The molecule has 1 aliphatic carbocycles. The number of piperazine rings is 1. The highest BCUT2D eigenvalue weighted by molar-refractivity contribution is 5.48. The van der Waals surface area contributed by atoms with Crippen molar-refractivity contribution >= 4 is 12.1 Å². The zero-order valence-corrected chi connectivity index (χ0v) is 18.9. The maximum Gasteiger partial charge on any atom is 0.209 e. The summed E-state index contributed by atoms with van der Waals surface area (Å²) in [6.07, 6.45) is 8.91. The van der Waals surface area contributed by atoms with E-state index < -0.39 is 5.60 Å². The van der Waals surface area contributed by atoms with Gasteiger partial charge in [0.2, 0.25) is 6.41 Å². The number of rotatable bonds is 4. The van der Waals surface area contributed by atoms with E-state index in [2.05, 4.69) is 27.8 Å². The van der Waals surface area contributed by atoms with Crippen LogP contribution in [0.5, 0.6) is 0 Å². The summed E-state index contributed by atoms with van der Waals surface area (Å²) < 4.78 is 0. The molecule has 5 rings (SSSR count). The van der Waals surface area contributed by atoms with Crippen molar-refractivity contribution in [3.05, 3.63) is 24.0 Å². The van der Waals surface area contributed by atoms with Gasteiger partial charge in [-0.3, -0.25) is 14.7 Å². The largest absolute Gasteiger partial charge is 0.384 e. The van der Waals surface area contributed by atoms with Crippen LogP contribution in [0.15, 0.2) is 18.3 Å². The van der Waals surface area contributed by atoms with Crippen LogP contribution in [0.3, 0.4) is 0 Å². The lowest BCUT2D eigenvalue weighted by atomic mass is 9.79. The zero-order valence-electron chi connectivity index (χ0n) is 18.9. The van der Waals surface area contributed by atoms with Gasteiger partial charge in [0.25, 0.3) is 0 Å². The van der Waals surface area contributed by atoms with Crippen molar-refractivity contribution < 1.29 is 9.90 Å². The SMILES string of the molecule is CN1CCN(c2ccc(C3(O)CCC(N4CCC5(CCN(C=O)C5)C4)CC3)nc2)CC1. The molecule has 7 heteroatoms. The van der Waals surface area contributed by atoms with Crippen LogP contribution in [0.2, 0.25) is 0 Å². The van der Waals surface area contributed by atoms with Crippen LogP contribution in [-0.4, -0.2) is 96.6 Å². The van der Waals surface area contributed by atoms with E-state index >= 15 is 0 Å². The van der Waals surface area contributed by atoms with Gasteiger partial charge in [-0.05, 0) is 64.3 Å². The smallest absolute Gasteiger partial charge is 0.209 e. The van der Waals surface area contributed by atoms with Crippen LogP contribution < -0.4 is 4.90 Å². The molecular formula is C24H37N5O2. The zero-order chi connectivity index (χ0) is 21.5. The van der Waals surface area contributed by atoms with Crippen molar-refractivity contribution in [3.63, 3.8) is 0 Å². The number of carbonyl (C=O) groups excluding carboxylic acids is 1. The van der Waals surface area contributed by atoms with Crippen molar-refractivity contribution in [2.45, 2.75) is 50.2 Å². The first-order valence-corrected chi connectivity index (χ1v) is 12.0. The van der Waals surface area contributed by atoms with Crippen molar-refractivity contribution in [1.82, 2.24) is 19.7 Å². The molecule has 4 fully saturated rings. The molecule has 0 bridgehead atoms. The van der Waals surface area contributed by atoms with Gasteiger partial charge >= 0.3 is 0 Å². The molecule has 1 N–H and O–H groups in total. The Morgan fingerprint density at radius 1 is 1.00 bits per heavy atom. The highest BCUT2D eigenvalue weighted by atomic mass is 16.3. The van der Waals surface area contributed by atoms with Gasteiger partial charge in [-0.25, -0.2) is 0 Å². The summed E-state index contributed by atoms with van der Waals surface area (Å²) in [6, 6.07) is 4.74. The third-order valence-electron chi connectivity index (χ3n) is 8.48. The lowest BCUT2D eigenvalue weighted by Gasteiger charge is -2.40. The molecule has 3 aliphatic heterocycles. The Bertz CT molecular complexity index is 771. The van der Waals surface area contributed by atoms with Crippen molar-refractivity contribution in [2.75, 3.05) is 64.3 Å². The molecule has 4 heterocycles. The summed E-state index contributed by atoms with van der Waals surface area (Å²) in [4.78, 5) is 25.2. The third-order valence-corrected chi connectivity index (χ3v) is 8.48. The molecular weight excluding hydrogens is 390 g/mol. The lowest BCUT2D eigenvalue weighted by Crippen LogP contribution is -2.44. The first-order valence-electron chi connectivity index (χ1n) is 12.0. The first kappa shape index (κ1) is 21.2. The number of amides is 1. The number of aliphatic hydroxyl groups is 1. The monoisotopic (exact) mass is 427 g/mol. The molecule has 1 unspecified atom stereocenters. The van der Waals surface area contributed by atoms with E-state index in [1.54, 1.807) is 0 Å². The van der Waals surface area contributed by atoms with Crippen LogP contribution >= 0.6 is 0 Å². The highest BCUT2D eigenvalue weighted by Gasteiger charge is 2.46. The molecule has 3 saturated heterocycles. The number of carbonyl (C=O) groups is 1. The van der Waals surface area contributed by atoms with E-state index in [0.717, 1.165) is 102 Å². The Hall–Kier alpha value is -1.70. The standard InChI is InChI=1S/C24H37N5O2/c1-26-12-14-28(15-13-26)21-2-3-22(25-16-21)24(31)6-4-20(5-7-24)29-11-9-23(18-29)8-10-27(17-23)19-30/h2-3,16,19-20,31H,4-15,17-18H2,1H3. The average molecular weight is 428 g/mol. The Kier molecular flexibility index (Phi) is 5.69. The summed E-state index contributed by atoms with van der Waals surface area (Å²) in [5, 5.41) is 11.4. The fourth-order valence-electron chi connectivity index (χ4n) is 6.29. The number of likely N-dealkylation sites (N-methyl/N-ethyl adjacent to an activating group) is 1. The minimum Gasteiger partial charge on any atom is -0.384 e. The van der Waals surface area contributed by atoms with Gasteiger partial charge in [0.15, 0.2) is 0 Å². The number of hydrogen-bond donors (Lipinski definition) is 1. The molecule has 0 radical (unpaired) electrons. The van der Waals surface area contributed by atoms with Crippen molar-refractivity contribution in [1.29, 1.82) is 0 Å². The number of anilines is 1. The highest BCUT2D eigenvalue weighted by Crippen LogP contribution is 2.44. The number of aromatic nitrogens is 1. The predicted octanol–water partition coefficient (Wildman–Crippen LogP) is 1.52. The molecule has 0 aromatic carbocycles. The fourth-order valence-corrected chi connectivity index (χ4v) is 6.29. The minimum absolute atomic E-state index is 0.315. The molecule has 1 aromatic rings. The normalized spacial score (nSPS) is 35.2. The fraction of sp³-hybridized carbons (Fsp3) is 0.750. The quantitative estimate of drug-likeness (QED) is 0.735. The lowest BCUT2D eigenvalue weighted by molar-refractivity contribution is -0.117. The Morgan fingerprint density at radius 2 is 1.74 bits per heavy atom. The van der Waals surface area contributed by atoms with Gasteiger partial charge in [0.05, 0.1) is 17.6 Å². The first-order chi connectivity index (χ1) is 15.0. The van der Waals surface area contributed by atoms with E-state index in [1.165, 1.54) is 6.42 Å². The van der Waals surface area contributed by atoms with Gasteiger partial charge in [-0.2, -0.15) is 0 Å². The van der Waals surface area contributed by atoms with Crippen LogP contribution in [0, 0.1) is 5.41 Å². The number of likely N-dealkylation sites (tertiary alicyclic amines) is 2. The Morgan fingerprint density at radius 3 is 2.39 bits per heavy atom. The summed E-state index contributed by atoms with van der Waals surface area (Å²) >= 11 is 0. The van der Waals surface area contributed by atoms with E-state index in [9.17, 15) is 9.90 Å². The Labute approximate surface area is 186 Å². The molecule has 170 valence electrons. The van der Waals surface area contributed by atoms with E-state index in [1.807, 2.05) is 17.2 Å². The van der Waals surface area contributed by atoms with Crippen molar-refractivity contribution in [3.8, 4) is 0 Å². The van der Waals surface area contributed by atoms with Gasteiger partial charge in [0.1, 0.15) is 5.60 Å². The topological polar surface area (TPSA) is 63.2 Å². The number of nitrogens with zero attached hydrogens (tertiary/aromatic N) is 5. The maximum absolute atomic E-state index is 11.4. The van der Waals surface area contributed by atoms with E-state index in [4.69, 9.17) is 4.98 Å². The van der Waals surface area contributed by atoms with Gasteiger partial charge in [-0.1, -0.05) is 0 Å². The molecule has 1 aromatic heterocycles. The van der Waals surface area contributed by atoms with E-state index in [0.29, 0.717) is 11.5 Å². The van der Waals surface area contributed by atoms with Gasteiger partial charge in [0, 0.05) is 57.3 Å². The molecule has 1 spiro atoms. The number of pyridine rings is 1. The Balaban J connectivity index is 1.17. The van der Waals surface area contributed by atoms with Crippen LogP contribution in [0.4, 0.5) is 5.69 Å². The summed E-state index contributed by atoms with van der Waals surface area (Å²) in [5.74, 6) is 0. The second kappa shape index (κ2) is 8.34. The molecule has 7 nitrogen and oxygen atoms in total. The third kappa shape index (κ3) is 4.20. The van der Waals surface area contributed by atoms with Crippen LogP contribution in [0.25, 0.3) is 0 Å². The number of hydrogen-bond acceptors (Lipinski definition) is 6. The van der Waals surface area contributed by atoms with Crippen LogP contribution in [-0.2, 0) is 10.4 Å². The van der Waals surface area contributed by atoms with Gasteiger partial charge in [-0.15, -0.1) is 0 Å². The van der Waals surface area contributed by atoms with Crippen molar-refractivity contribution in [2.24, 2.45) is 5.41 Å². The summed E-state index contributed by atoms with van der Waals surface area (Å²) in [5.41, 5.74) is 1.52. The summed E-state index contributed by atoms with van der Waals surface area (Å²) in [7, 11) is 2.17. The van der Waals surface area contributed by atoms with Gasteiger partial charge < -0.3 is 19.8 Å². The maximum atomic E-state index is 11.4. The molecule has 1 amide bonds. The minimum atomic E-state index is -0.795. The molecule has 4 aliphatic rings. The second-order valence-electron chi connectivity index (χ2n) is 10.5. The predicted molar refractivity (Wildman–Crippen MR) is 121 cm³/mol. The molecule has 1 atom stereocenters. The second-order valence-corrected chi connectivity index (χ2v) is 10.5. The van der Waals surface area contributed by atoms with Crippen LogP contribution in [0.1, 0.15) is 44.2 Å². The average Bonchev–Trinajstić information content (AvgIpc) is 3.41.